The SMILES string of the molecule is CCCCCCOc1ccc(C2C(=C(O)c3ccncc3)C(=O)C(=O)N2CCCN(C)C)cc1. The molecular weight excluding hydrogens is 430 g/mol. The maximum Gasteiger partial charge on any atom is 0.295 e. The van der Waals surface area contributed by atoms with E-state index in [1.807, 2.05) is 43.3 Å². The number of pyridine rings is 1. The molecule has 1 unspecified atom stereocenters. The average Bonchev–Trinajstić information content (AvgIpc) is 3.09. The van der Waals surface area contributed by atoms with Gasteiger partial charge in [0.25, 0.3) is 11.7 Å². The van der Waals surface area contributed by atoms with E-state index in [4.69, 9.17) is 4.74 Å². The monoisotopic (exact) mass is 465 g/mol. The van der Waals surface area contributed by atoms with Crippen LogP contribution in [-0.4, -0.2) is 65.4 Å². The fourth-order valence-electron chi connectivity index (χ4n) is 4.14. The molecule has 34 heavy (non-hydrogen) atoms. The van der Waals surface area contributed by atoms with E-state index in [9.17, 15) is 14.7 Å². The lowest BCUT2D eigenvalue weighted by Gasteiger charge is -2.26. The Kier molecular flexibility index (Phi) is 9.22. The van der Waals surface area contributed by atoms with Gasteiger partial charge in [-0.25, -0.2) is 0 Å². The predicted molar refractivity (Wildman–Crippen MR) is 132 cm³/mol. The summed E-state index contributed by atoms with van der Waals surface area (Å²) in [5.74, 6) is -0.688. The van der Waals surface area contributed by atoms with Gasteiger partial charge >= 0.3 is 0 Å². The third kappa shape index (κ3) is 6.23. The number of hydrogen-bond acceptors (Lipinski definition) is 6. The molecule has 3 rings (SSSR count). The number of aliphatic hydroxyl groups excluding tert-OH is 1. The van der Waals surface area contributed by atoms with Crippen LogP contribution in [0.4, 0.5) is 0 Å². The second-order valence-electron chi connectivity index (χ2n) is 8.86. The summed E-state index contributed by atoms with van der Waals surface area (Å²) < 4.78 is 5.85. The number of Topliss-reactive ketones (excluding diaryl/α,β-unsaturated/α-hetero) is 1. The minimum Gasteiger partial charge on any atom is -0.507 e. The van der Waals surface area contributed by atoms with Crippen LogP contribution in [0, 0.1) is 0 Å². The van der Waals surface area contributed by atoms with Crippen LogP contribution in [0.5, 0.6) is 5.75 Å². The van der Waals surface area contributed by atoms with Gasteiger partial charge in [-0.05, 0) is 63.3 Å². The highest BCUT2D eigenvalue weighted by Crippen LogP contribution is 2.39. The first-order valence-electron chi connectivity index (χ1n) is 12.0. The van der Waals surface area contributed by atoms with E-state index < -0.39 is 17.7 Å². The molecule has 0 aliphatic carbocycles. The number of rotatable bonds is 12. The molecule has 1 atom stereocenters. The summed E-state index contributed by atoms with van der Waals surface area (Å²) in [6, 6.07) is 10.1. The molecule has 1 saturated heterocycles. The Morgan fingerprint density at radius 3 is 2.38 bits per heavy atom. The smallest absolute Gasteiger partial charge is 0.295 e. The molecule has 1 aromatic carbocycles. The molecular formula is C27H35N3O4. The number of carbonyl (C=O) groups is 2. The number of amides is 1. The van der Waals surface area contributed by atoms with Gasteiger partial charge in [0.2, 0.25) is 0 Å². The van der Waals surface area contributed by atoms with Gasteiger partial charge in [-0.2, -0.15) is 0 Å². The molecule has 0 radical (unpaired) electrons. The molecule has 2 aromatic rings. The molecule has 1 amide bonds. The largest absolute Gasteiger partial charge is 0.507 e. The van der Waals surface area contributed by atoms with Crippen LogP contribution < -0.4 is 4.74 Å². The van der Waals surface area contributed by atoms with Gasteiger partial charge < -0.3 is 19.6 Å². The Morgan fingerprint density at radius 2 is 1.74 bits per heavy atom. The second-order valence-corrected chi connectivity index (χ2v) is 8.86. The predicted octanol–water partition coefficient (Wildman–Crippen LogP) is 4.41. The molecule has 1 aliphatic heterocycles. The molecule has 0 spiro atoms. The van der Waals surface area contributed by atoms with Gasteiger partial charge in [0.1, 0.15) is 11.5 Å². The van der Waals surface area contributed by atoms with Crippen LogP contribution in [0.3, 0.4) is 0 Å². The number of ketones is 1. The summed E-state index contributed by atoms with van der Waals surface area (Å²) in [4.78, 5) is 33.6. The van der Waals surface area contributed by atoms with Crippen LogP contribution in [0.2, 0.25) is 0 Å². The minimum atomic E-state index is -0.666. The van der Waals surface area contributed by atoms with Crippen molar-refractivity contribution in [3.05, 3.63) is 65.5 Å². The Bertz CT molecular complexity index is 987. The van der Waals surface area contributed by atoms with E-state index in [-0.39, 0.29) is 11.3 Å². The number of unbranched alkanes of at least 4 members (excludes halogenated alkanes) is 3. The van der Waals surface area contributed by atoms with Crippen LogP contribution in [-0.2, 0) is 9.59 Å². The van der Waals surface area contributed by atoms with E-state index in [1.54, 1.807) is 29.4 Å². The maximum absolute atomic E-state index is 13.0. The Balaban J connectivity index is 1.89. The standard InChI is InChI=1S/C27H35N3O4/c1-4-5-6-7-19-34-22-11-9-20(10-12-22)24-23(25(31)21-13-15-28-16-14-21)26(32)27(33)30(24)18-8-17-29(2)3/h9-16,24,31H,4-8,17-19H2,1-3H3. The van der Waals surface area contributed by atoms with E-state index in [1.165, 1.54) is 12.8 Å². The van der Waals surface area contributed by atoms with Crippen LogP contribution in [0.15, 0.2) is 54.4 Å². The minimum absolute atomic E-state index is 0.106. The zero-order chi connectivity index (χ0) is 24.5. The van der Waals surface area contributed by atoms with Crippen molar-refractivity contribution in [1.29, 1.82) is 0 Å². The van der Waals surface area contributed by atoms with E-state index in [0.29, 0.717) is 25.1 Å². The first kappa shape index (κ1) is 25.4. The van der Waals surface area contributed by atoms with Gasteiger partial charge in [0, 0.05) is 24.5 Å². The van der Waals surface area contributed by atoms with Gasteiger partial charge in [-0.1, -0.05) is 38.3 Å². The molecule has 182 valence electrons. The van der Waals surface area contributed by atoms with Gasteiger partial charge in [-0.15, -0.1) is 0 Å². The summed E-state index contributed by atoms with van der Waals surface area (Å²) >= 11 is 0. The summed E-state index contributed by atoms with van der Waals surface area (Å²) in [6.07, 6.45) is 8.34. The highest BCUT2D eigenvalue weighted by molar-refractivity contribution is 6.46. The highest BCUT2D eigenvalue weighted by Gasteiger charge is 2.45. The normalized spacial score (nSPS) is 17.5. The first-order chi connectivity index (χ1) is 16.4. The number of benzene rings is 1. The molecule has 0 bridgehead atoms. The topological polar surface area (TPSA) is 83.0 Å². The third-order valence-electron chi connectivity index (χ3n) is 5.96. The molecule has 2 heterocycles. The third-order valence-corrected chi connectivity index (χ3v) is 5.96. The lowest BCUT2D eigenvalue weighted by atomic mass is 9.95. The summed E-state index contributed by atoms with van der Waals surface area (Å²) in [7, 11) is 3.94. The van der Waals surface area contributed by atoms with Crippen molar-refractivity contribution in [3.63, 3.8) is 0 Å². The molecule has 1 aromatic heterocycles. The molecule has 7 nitrogen and oxygen atoms in total. The second kappa shape index (κ2) is 12.3. The summed E-state index contributed by atoms with van der Waals surface area (Å²) in [6.45, 7) is 4.03. The van der Waals surface area contributed by atoms with Gasteiger partial charge in [-0.3, -0.25) is 14.6 Å². The molecule has 7 heteroatoms. The van der Waals surface area contributed by atoms with Crippen LogP contribution >= 0.6 is 0 Å². The Morgan fingerprint density at radius 1 is 1.03 bits per heavy atom. The lowest BCUT2D eigenvalue weighted by Crippen LogP contribution is -2.32. The van der Waals surface area contributed by atoms with E-state index in [2.05, 4.69) is 11.9 Å². The number of likely N-dealkylation sites (tertiary alicyclic amines) is 1. The van der Waals surface area contributed by atoms with E-state index >= 15 is 0 Å². The van der Waals surface area contributed by atoms with Crippen molar-refractivity contribution < 1.29 is 19.4 Å². The van der Waals surface area contributed by atoms with Crippen LogP contribution in [0.1, 0.15) is 56.2 Å². The van der Waals surface area contributed by atoms with E-state index in [0.717, 1.165) is 30.7 Å². The molecule has 0 saturated carbocycles. The fraction of sp³-hybridized carbons (Fsp3) is 0.444. The number of hydrogen-bond donors (Lipinski definition) is 1. The lowest BCUT2D eigenvalue weighted by molar-refractivity contribution is -0.139. The van der Waals surface area contributed by atoms with Crippen LogP contribution in [0.25, 0.3) is 5.76 Å². The fourth-order valence-corrected chi connectivity index (χ4v) is 4.14. The zero-order valence-corrected chi connectivity index (χ0v) is 20.4. The van der Waals surface area contributed by atoms with Gasteiger partial charge in [0.15, 0.2) is 0 Å². The zero-order valence-electron chi connectivity index (χ0n) is 20.4. The Hall–Kier alpha value is -3.19. The van der Waals surface area contributed by atoms with Crippen molar-refractivity contribution in [2.45, 2.75) is 45.1 Å². The van der Waals surface area contributed by atoms with Crippen molar-refractivity contribution in [2.75, 3.05) is 33.8 Å². The summed E-state index contributed by atoms with van der Waals surface area (Å²) in [5, 5.41) is 11.0. The molecule has 1 N–H and O–H groups in total. The number of aliphatic hydroxyl groups is 1. The highest BCUT2D eigenvalue weighted by atomic mass is 16.5. The number of aromatic nitrogens is 1. The summed E-state index contributed by atoms with van der Waals surface area (Å²) in [5.41, 5.74) is 1.32. The van der Waals surface area contributed by atoms with Crippen molar-refractivity contribution >= 4 is 17.4 Å². The molecule has 1 fully saturated rings. The Labute approximate surface area is 202 Å². The first-order valence-corrected chi connectivity index (χ1v) is 12.0. The molecule has 1 aliphatic rings. The van der Waals surface area contributed by atoms with Crippen molar-refractivity contribution in [3.8, 4) is 5.75 Å². The average molecular weight is 466 g/mol. The maximum atomic E-state index is 13.0. The number of ether oxygens (including phenoxy) is 1. The van der Waals surface area contributed by atoms with Crippen molar-refractivity contribution in [1.82, 2.24) is 14.8 Å². The quantitative estimate of drug-likeness (QED) is 0.216. The van der Waals surface area contributed by atoms with Crippen molar-refractivity contribution in [2.24, 2.45) is 0 Å². The van der Waals surface area contributed by atoms with Gasteiger partial charge in [0.05, 0.1) is 18.2 Å². The number of nitrogens with zero attached hydrogens (tertiary/aromatic N) is 3. The number of carbonyl (C=O) groups excluding carboxylic acids is 2.